The van der Waals surface area contributed by atoms with Gasteiger partial charge in [-0.05, 0) is 55.5 Å². The minimum atomic E-state index is -0.591. The molecular weight excluding hydrogens is 346 g/mol. The Hall–Kier alpha value is -3.92. The van der Waals surface area contributed by atoms with Crippen LogP contribution in [0.4, 0.5) is 11.4 Å². The second-order valence-corrected chi connectivity index (χ2v) is 5.47. The van der Waals surface area contributed by atoms with Gasteiger partial charge in [-0.25, -0.2) is 4.79 Å². The zero-order valence-electron chi connectivity index (χ0n) is 14.8. The van der Waals surface area contributed by atoms with Crippen LogP contribution in [0, 0.1) is 11.3 Å². The smallest absolute Gasteiger partial charge is 0.337 e. The van der Waals surface area contributed by atoms with Crippen LogP contribution in [0.5, 0.6) is 0 Å². The topological polar surface area (TPSA) is 108 Å². The number of nitrogens with zero attached hydrogens (tertiary/aromatic N) is 1. The van der Waals surface area contributed by atoms with Gasteiger partial charge in [0.15, 0.2) is 5.78 Å². The van der Waals surface area contributed by atoms with Crippen molar-refractivity contribution in [3.63, 3.8) is 0 Å². The third-order valence-electron chi connectivity index (χ3n) is 3.60. The number of benzene rings is 2. The summed E-state index contributed by atoms with van der Waals surface area (Å²) in [6.45, 7) is 1.45. The maximum atomic E-state index is 12.2. The van der Waals surface area contributed by atoms with E-state index in [0.29, 0.717) is 22.5 Å². The summed E-state index contributed by atoms with van der Waals surface area (Å²) in [5.74, 6) is -1.12. The van der Waals surface area contributed by atoms with Gasteiger partial charge in [-0.1, -0.05) is 0 Å². The van der Waals surface area contributed by atoms with Crippen molar-refractivity contribution < 1.29 is 19.1 Å². The highest BCUT2D eigenvalue weighted by molar-refractivity contribution is 6.07. The van der Waals surface area contributed by atoms with Gasteiger partial charge in [-0.3, -0.25) is 9.59 Å². The van der Waals surface area contributed by atoms with Crippen molar-refractivity contribution in [2.45, 2.75) is 6.92 Å². The number of esters is 1. The van der Waals surface area contributed by atoms with E-state index in [1.807, 2.05) is 6.07 Å². The Labute approximate surface area is 156 Å². The number of carbonyl (C=O) groups excluding carboxylic acids is 3. The molecule has 0 spiro atoms. The first-order chi connectivity index (χ1) is 12.9. The Balaban J connectivity index is 2.04. The highest BCUT2D eigenvalue weighted by Gasteiger charge is 2.10. The predicted molar refractivity (Wildman–Crippen MR) is 100 cm³/mol. The van der Waals surface area contributed by atoms with Crippen LogP contribution in [-0.2, 0) is 9.53 Å². The number of nitrogens with one attached hydrogen (secondary N) is 2. The molecule has 0 saturated heterocycles. The molecule has 0 bridgehead atoms. The molecule has 0 aliphatic rings. The number of ether oxygens (including phenoxy) is 1. The fourth-order valence-electron chi connectivity index (χ4n) is 2.11. The SMILES string of the molecule is COC(=O)c1ccc(N/C=C(/C#N)C(=O)Nc2ccc(C(C)=O)cc2)cc1. The standard InChI is InChI=1S/C20H17N3O4/c1-13(24)14-3-9-18(10-4-14)23-19(25)16(11-21)12-22-17-7-5-15(6-8-17)20(26)27-2/h3-10,12,22H,1-2H3,(H,23,25)/b16-12-. The number of anilines is 2. The van der Waals surface area contributed by atoms with Crippen molar-refractivity contribution in [1.82, 2.24) is 0 Å². The van der Waals surface area contributed by atoms with Crippen LogP contribution < -0.4 is 10.6 Å². The van der Waals surface area contributed by atoms with E-state index in [-0.39, 0.29) is 11.4 Å². The molecule has 0 fully saturated rings. The van der Waals surface area contributed by atoms with Gasteiger partial charge in [0.25, 0.3) is 5.91 Å². The molecule has 0 saturated carbocycles. The number of amides is 1. The van der Waals surface area contributed by atoms with E-state index < -0.39 is 11.9 Å². The Morgan fingerprint density at radius 3 is 2.04 bits per heavy atom. The molecule has 0 atom stereocenters. The van der Waals surface area contributed by atoms with Gasteiger partial charge in [0.05, 0.1) is 12.7 Å². The minimum Gasteiger partial charge on any atom is -0.465 e. The van der Waals surface area contributed by atoms with E-state index in [1.54, 1.807) is 48.5 Å². The summed E-state index contributed by atoms with van der Waals surface area (Å²) < 4.78 is 4.61. The predicted octanol–water partition coefficient (Wildman–Crippen LogP) is 3.13. The molecule has 0 aliphatic heterocycles. The van der Waals surface area contributed by atoms with E-state index in [2.05, 4.69) is 15.4 Å². The van der Waals surface area contributed by atoms with Crippen molar-refractivity contribution in [2.24, 2.45) is 0 Å². The molecule has 0 unspecified atom stereocenters. The molecular formula is C20H17N3O4. The average Bonchev–Trinajstić information content (AvgIpc) is 2.68. The second kappa shape index (κ2) is 8.97. The van der Waals surface area contributed by atoms with Gasteiger partial charge in [0.1, 0.15) is 11.6 Å². The summed E-state index contributed by atoms with van der Waals surface area (Å²) in [7, 11) is 1.29. The van der Waals surface area contributed by atoms with Crippen LogP contribution in [0.15, 0.2) is 60.3 Å². The molecule has 7 heteroatoms. The van der Waals surface area contributed by atoms with E-state index in [4.69, 9.17) is 0 Å². The molecule has 2 rings (SSSR count). The minimum absolute atomic E-state index is 0.0760. The lowest BCUT2D eigenvalue weighted by atomic mass is 10.1. The Kier molecular flexibility index (Phi) is 6.44. The zero-order valence-corrected chi connectivity index (χ0v) is 14.8. The lowest BCUT2D eigenvalue weighted by molar-refractivity contribution is -0.112. The van der Waals surface area contributed by atoms with Crippen LogP contribution in [0.2, 0.25) is 0 Å². The van der Waals surface area contributed by atoms with Crippen LogP contribution in [-0.4, -0.2) is 24.8 Å². The number of hydrogen-bond acceptors (Lipinski definition) is 6. The fraction of sp³-hybridized carbons (Fsp3) is 0.100. The third-order valence-corrected chi connectivity index (χ3v) is 3.60. The molecule has 27 heavy (non-hydrogen) atoms. The number of ketones is 1. The number of carbonyl (C=O) groups is 3. The van der Waals surface area contributed by atoms with Crippen LogP contribution in [0.3, 0.4) is 0 Å². The van der Waals surface area contributed by atoms with Gasteiger partial charge in [-0.15, -0.1) is 0 Å². The molecule has 0 radical (unpaired) electrons. The van der Waals surface area contributed by atoms with Crippen LogP contribution in [0.1, 0.15) is 27.6 Å². The van der Waals surface area contributed by atoms with E-state index in [9.17, 15) is 19.6 Å². The summed E-state index contributed by atoms with van der Waals surface area (Å²) in [5.41, 5.74) is 1.84. The first-order valence-electron chi connectivity index (χ1n) is 7.92. The lowest BCUT2D eigenvalue weighted by Crippen LogP contribution is -2.14. The van der Waals surface area contributed by atoms with Crippen molar-refractivity contribution in [1.29, 1.82) is 5.26 Å². The van der Waals surface area contributed by atoms with Crippen molar-refractivity contribution in [2.75, 3.05) is 17.7 Å². The van der Waals surface area contributed by atoms with Gasteiger partial charge in [-0.2, -0.15) is 5.26 Å². The number of Topliss-reactive ketones (excluding diaryl/α,β-unsaturated/α-hetero) is 1. The van der Waals surface area contributed by atoms with Crippen molar-refractivity contribution in [3.05, 3.63) is 71.4 Å². The molecule has 2 aromatic carbocycles. The Morgan fingerprint density at radius 2 is 1.52 bits per heavy atom. The van der Waals surface area contributed by atoms with Gasteiger partial charge in [0.2, 0.25) is 0 Å². The molecule has 136 valence electrons. The zero-order chi connectivity index (χ0) is 19.8. The first-order valence-corrected chi connectivity index (χ1v) is 7.92. The highest BCUT2D eigenvalue weighted by Crippen LogP contribution is 2.13. The molecule has 0 heterocycles. The van der Waals surface area contributed by atoms with E-state index in [1.165, 1.54) is 20.2 Å². The van der Waals surface area contributed by atoms with E-state index >= 15 is 0 Å². The average molecular weight is 363 g/mol. The number of hydrogen-bond donors (Lipinski definition) is 2. The van der Waals surface area contributed by atoms with E-state index in [0.717, 1.165) is 0 Å². The second-order valence-electron chi connectivity index (χ2n) is 5.47. The summed E-state index contributed by atoms with van der Waals surface area (Å²) in [5, 5.41) is 14.6. The molecule has 2 N–H and O–H groups in total. The largest absolute Gasteiger partial charge is 0.465 e. The third kappa shape index (κ3) is 5.28. The normalized spacial score (nSPS) is 10.5. The maximum Gasteiger partial charge on any atom is 0.337 e. The quantitative estimate of drug-likeness (QED) is 0.353. The summed E-state index contributed by atoms with van der Waals surface area (Å²) in [6.07, 6.45) is 1.27. The van der Waals surface area contributed by atoms with Gasteiger partial charge < -0.3 is 15.4 Å². The summed E-state index contributed by atoms with van der Waals surface area (Å²) in [4.78, 5) is 34.8. The Morgan fingerprint density at radius 1 is 0.963 bits per heavy atom. The molecule has 0 aliphatic carbocycles. The molecule has 2 aromatic rings. The number of rotatable bonds is 6. The monoisotopic (exact) mass is 363 g/mol. The van der Waals surface area contributed by atoms with Crippen LogP contribution >= 0.6 is 0 Å². The van der Waals surface area contributed by atoms with Gasteiger partial charge >= 0.3 is 5.97 Å². The lowest BCUT2D eigenvalue weighted by Gasteiger charge is -2.06. The highest BCUT2D eigenvalue weighted by atomic mass is 16.5. The number of methoxy groups -OCH3 is 1. The fourth-order valence-corrected chi connectivity index (χ4v) is 2.11. The van der Waals surface area contributed by atoms with Crippen molar-refractivity contribution >= 4 is 29.0 Å². The van der Waals surface area contributed by atoms with Crippen molar-refractivity contribution in [3.8, 4) is 6.07 Å². The van der Waals surface area contributed by atoms with Crippen LogP contribution in [0.25, 0.3) is 0 Å². The maximum absolute atomic E-state index is 12.2. The number of nitriles is 1. The molecule has 1 amide bonds. The van der Waals surface area contributed by atoms with Gasteiger partial charge in [0, 0.05) is 23.1 Å². The summed E-state index contributed by atoms with van der Waals surface area (Å²) in [6, 6.07) is 14.5. The molecule has 7 nitrogen and oxygen atoms in total. The summed E-state index contributed by atoms with van der Waals surface area (Å²) >= 11 is 0. The Bertz CT molecular complexity index is 923. The first kappa shape index (κ1) is 19.4. The molecule has 0 aromatic heterocycles.